The molecular weight excluding hydrogens is 146 g/mol. The maximum Gasteiger partial charge on any atom is 0.170 e. The lowest BCUT2D eigenvalue weighted by molar-refractivity contribution is 0.102. The van der Waals surface area contributed by atoms with Crippen LogP contribution in [0.15, 0.2) is 6.07 Å². The summed E-state index contributed by atoms with van der Waals surface area (Å²) in [4.78, 5) is 11.6. The Morgan fingerprint density at radius 2 is 2.30 bits per heavy atom. The molecule has 1 heterocycles. The summed E-state index contributed by atoms with van der Waals surface area (Å²) < 4.78 is 0. The zero-order valence-electron chi connectivity index (χ0n) is 5.97. The summed E-state index contributed by atoms with van der Waals surface area (Å²) in [6, 6.07) is 1.82. The summed E-state index contributed by atoms with van der Waals surface area (Å²) in [6.45, 7) is 3.45. The van der Waals surface area contributed by atoms with E-state index in [1.165, 1.54) is 11.3 Å². The number of thiophene rings is 1. The normalized spacial score (nSPS) is 9.80. The molecule has 0 radical (unpaired) electrons. The van der Waals surface area contributed by atoms with Crippen LogP contribution in [0.5, 0.6) is 0 Å². The van der Waals surface area contributed by atoms with Gasteiger partial charge in [-0.2, -0.15) is 0 Å². The second-order valence-corrected chi connectivity index (χ2v) is 3.30. The van der Waals surface area contributed by atoms with E-state index in [9.17, 15) is 4.79 Å². The molecule has 0 aliphatic heterocycles. The number of anilines is 1. The largest absolute Gasteiger partial charge is 0.391 e. The fraction of sp³-hybridized carbons (Fsp3) is 0.286. The van der Waals surface area contributed by atoms with Gasteiger partial charge in [-0.05, 0) is 25.5 Å². The summed E-state index contributed by atoms with van der Waals surface area (Å²) in [6.07, 6.45) is 0. The van der Waals surface area contributed by atoms with Crippen molar-refractivity contribution in [2.24, 2.45) is 0 Å². The van der Waals surface area contributed by atoms with Crippen LogP contribution in [-0.2, 0) is 0 Å². The van der Waals surface area contributed by atoms with Gasteiger partial charge in [0.05, 0.1) is 9.88 Å². The lowest BCUT2D eigenvalue weighted by Gasteiger charge is -1.87. The van der Waals surface area contributed by atoms with Crippen molar-refractivity contribution in [3.63, 3.8) is 0 Å². The van der Waals surface area contributed by atoms with E-state index >= 15 is 0 Å². The molecule has 10 heavy (non-hydrogen) atoms. The van der Waals surface area contributed by atoms with E-state index in [2.05, 4.69) is 0 Å². The summed E-state index contributed by atoms with van der Waals surface area (Å²) in [7, 11) is 0. The molecule has 2 nitrogen and oxygen atoms in total. The predicted octanol–water partition coefficient (Wildman–Crippen LogP) is 1.84. The minimum atomic E-state index is 0.0965. The molecule has 0 amide bonds. The Morgan fingerprint density at radius 3 is 2.50 bits per heavy atom. The number of hydrogen-bond donors (Lipinski definition) is 1. The number of Topliss-reactive ketones (excluding diaryl/α,β-unsaturated/α-hetero) is 1. The minimum absolute atomic E-state index is 0.0965. The van der Waals surface area contributed by atoms with Crippen molar-refractivity contribution >= 4 is 22.1 Å². The third-order valence-corrected chi connectivity index (χ3v) is 2.42. The smallest absolute Gasteiger partial charge is 0.170 e. The molecule has 0 spiro atoms. The summed E-state index contributed by atoms with van der Waals surface area (Å²) >= 11 is 1.35. The predicted molar refractivity (Wildman–Crippen MR) is 43.5 cm³/mol. The van der Waals surface area contributed by atoms with Gasteiger partial charge in [-0.1, -0.05) is 0 Å². The van der Waals surface area contributed by atoms with Crippen molar-refractivity contribution in [1.29, 1.82) is 0 Å². The average Bonchev–Trinajstić information content (AvgIpc) is 2.10. The zero-order chi connectivity index (χ0) is 7.72. The number of carbonyl (C=O) groups excluding carboxylic acids is 1. The molecule has 1 aromatic heterocycles. The Labute approximate surface area is 63.7 Å². The van der Waals surface area contributed by atoms with Gasteiger partial charge < -0.3 is 5.73 Å². The molecule has 2 N–H and O–H groups in total. The van der Waals surface area contributed by atoms with Gasteiger partial charge in [0.25, 0.3) is 0 Å². The maximum absolute atomic E-state index is 10.8. The van der Waals surface area contributed by atoms with Crippen LogP contribution >= 0.6 is 11.3 Å². The van der Waals surface area contributed by atoms with Crippen LogP contribution in [0, 0.1) is 6.92 Å². The van der Waals surface area contributed by atoms with Crippen molar-refractivity contribution in [3.05, 3.63) is 16.5 Å². The van der Waals surface area contributed by atoms with Gasteiger partial charge in [0, 0.05) is 0 Å². The number of hydrogen-bond acceptors (Lipinski definition) is 3. The fourth-order valence-electron chi connectivity index (χ4n) is 0.856. The Morgan fingerprint density at radius 1 is 1.70 bits per heavy atom. The average molecular weight is 155 g/mol. The molecule has 1 rings (SSSR count). The summed E-state index contributed by atoms with van der Waals surface area (Å²) in [5, 5.41) is 0.711. The van der Waals surface area contributed by atoms with Crippen LogP contribution < -0.4 is 5.73 Å². The molecule has 1 aromatic rings. The van der Waals surface area contributed by atoms with Gasteiger partial charge in [-0.15, -0.1) is 11.3 Å². The highest BCUT2D eigenvalue weighted by molar-refractivity contribution is 7.17. The second kappa shape index (κ2) is 2.42. The number of nitrogen functional groups attached to an aromatic ring is 1. The van der Waals surface area contributed by atoms with E-state index in [-0.39, 0.29) is 5.78 Å². The van der Waals surface area contributed by atoms with Crippen LogP contribution in [0.3, 0.4) is 0 Å². The highest BCUT2D eigenvalue weighted by Gasteiger charge is 2.06. The highest BCUT2D eigenvalue weighted by Crippen LogP contribution is 2.23. The molecule has 0 aliphatic carbocycles. The Kier molecular flexibility index (Phi) is 1.76. The second-order valence-electron chi connectivity index (χ2n) is 2.22. The van der Waals surface area contributed by atoms with Crippen molar-refractivity contribution in [1.82, 2.24) is 0 Å². The molecule has 0 atom stereocenters. The molecule has 0 unspecified atom stereocenters. The van der Waals surface area contributed by atoms with Crippen LogP contribution in [-0.4, -0.2) is 5.78 Å². The van der Waals surface area contributed by atoms with Gasteiger partial charge in [-0.25, -0.2) is 0 Å². The quantitative estimate of drug-likeness (QED) is 0.629. The van der Waals surface area contributed by atoms with Crippen LogP contribution in [0.2, 0.25) is 0 Å². The standard InChI is InChI=1S/C7H9NOS/c1-4-3-6(8)10-7(4)5(2)9/h3H,8H2,1-2H3. The Balaban J connectivity index is 3.15. The Hall–Kier alpha value is -0.830. The van der Waals surface area contributed by atoms with Crippen molar-refractivity contribution < 1.29 is 4.79 Å². The van der Waals surface area contributed by atoms with Crippen LogP contribution in [0.4, 0.5) is 5.00 Å². The Bertz CT molecular complexity index is 265. The zero-order valence-corrected chi connectivity index (χ0v) is 6.79. The van der Waals surface area contributed by atoms with Crippen LogP contribution in [0.1, 0.15) is 22.2 Å². The molecule has 3 heteroatoms. The molecule has 0 saturated carbocycles. The van der Waals surface area contributed by atoms with E-state index in [4.69, 9.17) is 5.73 Å². The number of nitrogens with two attached hydrogens (primary N) is 1. The van der Waals surface area contributed by atoms with E-state index in [1.807, 2.05) is 13.0 Å². The van der Waals surface area contributed by atoms with Crippen LogP contribution in [0.25, 0.3) is 0 Å². The lowest BCUT2D eigenvalue weighted by atomic mass is 10.2. The maximum atomic E-state index is 10.8. The molecule has 54 valence electrons. The van der Waals surface area contributed by atoms with E-state index in [0.717, 1.165) is 10.4 Å². The van der Waals surface area contributed by atoms with Gasteiger partial charge in [0.15, 0.2) is 5.78 Å². The topological polar surface area (TPSA) is 43.1 Å². The lowest BCUT2D eigenvalue weighted by Crippen LogP contribution is -1.87. The van der Waals surface area contributed by atoms with Gasteiger partial charge in [0.1, 0.15) is 0 Å². The van der Waals surface area contributed by atoms with Gasteiger partial charge in [-0.3, -0.25) is 4.79 Å². The number of ketones is 1. The molecule has 0 aliphatic rings. The first-order valence-corrected chi connectivity index (χ1v) is 3.79. The van der Waals surface area contributed by atoms with E-state index in [1.54, 1.807) is 6.92 Å². The van der Waals surface area contributed by atoms with Gasteiger partial charge in [0.2, 0.25) is 0 Å². The van der Waals surface area contributed by atoms with Crippen molar-refractivity contribution in [3.8, 4) is 0 Å². The summed E-state index contributed by atoms with van der Waals surface area (Å²) in [5.74, 6) is 0.0965. The highest BCUT2D eigenvalue weighted by atomic mass is 32.1. The first kappa shape index (κ1) is 7.28. The molecule has 0 saturated heterocycles. The third kappa shape index (κ3) is 1.19. The number of rotatable bonds is 1. The minimum Gasteiger partial charge on any atom is -0.391 e. The number of aryl methyl sites for hydroxylation is 1. The first-order valence-electron chi connectivity index (χ1n) is 2.98. The van der Waals surface area contributed by atoms with Crippen molar-refractivity contribution in [2.45, 2.75) is 13.8 Å². The summed E-state index contributed by atoms with van der Waals surface area (Å²) in [5.41, 5.74) is 6.47. The van der Waals surface area contributed by atoms with E-state index < -0.39 is 0 Å². The molecular formula is C7H9NOS. The van der Waals surface area contributed by atoms with E-state index in [0.29, 0.717) is 5.00 Å². The third-order valence-electron chi connectivity index (χ3n) is 1.26. The number of carbonyl (C=O) groups is 1. The fourth-order valence-corrected chi connectivity index (χ4v) is 1.69. The molecule has 0 bridgehead atoms. The van der Waals surface area contributed by atoms with Gasteiger partial charge >= 0.3 is 0 Å². The SMILES string of the molecule is CC(=O)c1sc(N)cc1C. The monoisotopic (exact) mass is 155 g/mol. The molecule has 0 fully saturated rings. The van der Waals surface area contributed by atoms with Crippen molar-refractivity contribution in [2.75, 3.05) is 5.73 Å². The molecule has 0 aromatic carbocycles. The first-order chi connectivity index (χ1) is 4.61.